The van der Waals surface area contributed by atoms with Crippen molar-refractivity contribution >= 4 is 18.0 Å². The van der Waals surface area contributed by atoms with E-state index in [1.165, 1.54) is 0 Å². The molecule has 0 aliphatic heterocycles. The molecular weight excluding hydrogens is 444 g/mol. The lowest BCUT2D eigenvalue weighted by Crippen LogP contribution is -2.47. The Hall–Kier alpha value is -3.79. The van der Waals surface area contributed by atoms with Crippen molar-refractivity contribution in [2.45, 2.75) is 51.5 Å². The Morgan fingerprint density at radius 1 is 1.03 bits per heavy atom. The number of ether oxygens (including phenoxy) is 1. The molecule has 2 atom stereocenters. The second kappa shape index (κ2) is 12.6. The number of rotatable bonds is 11. The topological polar surface area (TPSA) is 105 Å². The lowest BCUT2D eigenvalue weighted by atomic mass is 9.98. The fourth-order valence-electron chi connectivity index (χ4n) is 4.27. The van der Waals surface area contributed by atoms with Gasteiger partial charge >= 0.3 is 12.1 Å². The van der Waals surface area contributed by atoms with Gasteiger partial charge in [0.25, 0.3) is 0 Å². The maximum Gasteiger partial charge on any atom is 0.407 e. The van der Waals surface area contributed by atoms with Gasteiger partial charge in [-0.15, -0.1) is 11.8 Å². The van der Waals surface area contributed by atoms with Crippen LogP contribution in [0.1, 0.15) is 56.6 Å². The molecule has 0 saturated heterocycles. The summed E-state index contributed by atoms with van der Waals surface area (Å²) in [6.45, 7) is 4.17. The van der Waals surface area contributed by atoms with Gasteiger partial charge in [-0.25, -0.2) is 4.79 Å². The minimum Gasteiger partial charge on any atom is -0.481 e. The van der Waals surface area contributed by atoms with Crippen LogP contribution < -0.4 is 10.6 Å². The number of nitrogens with one attached hydrogen (secondary N) is 2. The van der Waals surface area contributed by atoms with Crippen molar-refractivity contribution in [3.8, 4) is 23.0 Å². The number of hydrogen-bond acceptors (Lipinski definition) is 4. The molecule has 7 heteroatoms. The average molecular weight is 477 g/mol. The van der Waals surface area contributed by atoms with E-state index in [1.807, 2.05) is 43.3 Å². The molecule has 0 fully saturated rings. The smallest absolute Gasteiger partial charge is 0.407 e. The van der Waals surface area contributed by atoms with E-state index in [0.29, 0.717) is 19.4 Å². The van der Waals surface area contributed by atoms with E-state index in [0.717, 1.165) is 22.3 Å². The van der Waals surface area contributed by atoms with E-state index in [-0.39, 0.29) is 37.2 Å². The fourth-order valence-corrected chi connectivity index (χ4v) is 4.27. The van der Waals surface area contributed by atoms with Crippen molar-refractivity contribution in [3.63, 3.8) is 0 Å². The average Bonchev–Trinajstić information content (AvgIpc) is 3.17. The van der Waals surface area contributed by atoms with Crippen LogP contribution in [0.2, 0.25) is 0 Å². The first-order chi connectivity index (χ1) is 16.9. The molecule has 35 heavy (non-hydrogen) atoms. The zero-order valence-electron chi connectivity index (χ0n) is 20.2. The van der Waals surface area contributed by atoms with Crippen LogP contribution in [-0.2, 0) is 14.3 Å². The number of hydrogen-bond donors (Lipinski definition) is 3. The quantitative estimate of drug-likeness (QED) is 0.419. The first-order valence-electron chi connectivity index (χ1n) is 11.9. The Bertz CT molecular complexity index is 1070. The molecule has 3 rings (SSSR count). The second-order valence-corrected chi connectivity index (χ2v) is 8.77. The third-order valence-corrected chi connectivity index (χ3v) is 6.22. The number of carboxylic acid groups (broad SMARTS) is 1. The van der Waals surface area contributed by atoms with Gasteiger partial charge in [-0.2, -0.15) is 0 Å². The predicted octanol–water partition coefficient (Wildman–Crippen LogP) is 4.31. The highest BCUT2D eigenvalue weighted by atomic mass is 16.5. The predicted molar refractivity (Wildman–Crippen MR) is 134 cm³/mol. The van der Waals surface area contributed by atoms with Crippen molar-refractivity contribution in [1.29, 1.82) is 0 Å². The van der Waals surface area contributed by atoms with Gasteiger partial charge in [0.15, 0.2) is 0 Å². The molecule has 2 unspecified atom stereocenters. The summed E-state index contributed by atoms with van der Waals surface area (Å²) < 4.78 is 5.56. The van der Waals surface area contributed by atoms with Gasteiger partial charge in [0.1, 0.15) is 12.6 Å². The van der Waals surface area contributed by atoms with Crippen molar-refractivity contribution in [2.75, 3.05) is 13.2 Å². The zero-order valence-corrected chi connectivity index (χ0v) is 20.2. The van der Waals surface area contributed by atoms with Crippen molar-refractivity contribution in [1.82, 2.24) is 10.6 Å². The van der Waals surface area contributed by atoms with Crippen LogP contribution in [0.5, 0.6) is 0 Å². The van der Waals surface area contributed by atoms with E-state index in [4.69, 9.17) is 9.84 Å². The molecule has 1 aliphatic rings. The van der Waals surface area contributed by atoms with E-state index in [9.17, 15) is 14.4 Å². The molecular formula is C28H32N2O5. The Morgan fingerprint density at radius 3 is 2.26 bits per heavy atom. The molecule has 0 radical (unpaired) electrons. The van der Waals surface area contributed by atoms with Gasteiger partial charge in [0, 0.05) is 25.3 Å². The molecule has 3 N–H and O–H groups in total. The number of alkyl carbamates (subject to hydrolysis) is 1. The number of amides is 2. The molecule has 2 aromatic rings. The first kappa shape index (κ1) is 25.8. The molecule has 7 nitrogen and oxygen atoms in total. The van der Waals surface area contributed by atoms with Crippen molar-refractivity contribution < 1.29 is 24.2 Å². The van der Waals surface area contributed by atoms with E-state index in [2.05, 4.69) is 34.6 Å². The summed E-state index contributed by atoms with van der Waals surface area (Å²) in [5.74, 6) is 4.52. The standard InChI is InChI=1S/C28H32N2O5/c1-3-4-13-25(27(33)29-17-16-19(2)14-15-26(31)32)30-28(34)35-18-24-22-11-7-5-9-20(22)21-10-6-8-12-23(21)24/h5-12,19,24-25H,13-18H2,1-2H3,(H,29,33)(H,30,34)(H,31,32). The molecule has 0 bridgehead atoms. The number of carbonyl (C=O) groups excluding carboxylic acids is 2. The molecule has 0 saturated carbocycles. The van der Waals surface area contributed by atoms with Crippen molar-refractivity contribution in [3.05, 3.63) is 59.7 Å². The molecule has 2 amide bonds. The maximum absolute atomic E-state index is 12.7. The van der Waals surface area contributed by atoms with Crippen LogP contribution in [0.25, 0.3) is 11.1 Å². The number of carboxylic acids is 1. The minimum absolute atomic E-state index is 0.0665. The lowest BCUT2D eigenvalue weighted by molar-refractivity contribution is -0.137. The molecule has 0 aromatic heterocycles. The number of aliphatic carboxylic acids is 1. The molecule has 2 aromatic carbocycles. The highest BCUT2D eigenvalue weighted by Gasteiger charge is 2.29. The highest BCUT2D eigenvalue weighted by Crippen LogP contribution is 2.44. The largest absolute Gasteiger partial charge is 0.481 e. The summed E-state index contributed by atoms with van der Waals surface area (Å²) in [6, 6.07) is 15.3. The van der Waals surface area contributed by atoms with Crippen molar-refractivity contribution in [2.24, 2.45) is 5.92 Å². The molecule has 1 aliphatic carbocycles. The van der Waals surface area contributed by atoms with Gasteiger partial charge in [0.2, 0.25) is 5.91 Å². The molecule has 184 valence electrons. The van der Waals surface area contributed by atoms with Crippen LogP contribution in [-0.4, -0.2) is 42.3 Å². The normalized spacial score (nSPS) is 13.4. The van der Waals surface area contributed by atoms with Gasteiger partial charge < -0.3 is 20.5 Å². The van der Waals surface area contributed by atoms with Gasteiger partial charge in [-0.05, 0) is 47.9 Å². The highest BCUT2D eigenvalue weighted by molar-refractivity contribution is 5.86. The fraction of sp³-hybridized carbons (Fsp3) is 0.393. The minimum atomic E-state index is -0.840. The van der Waals surface area contributed by atoms with Crippen LogP contribution in [0.15, 0.2) is 48.5 Å². The number of benzene rings is 2. The second-order valence-electron chi connectivity index (χ2n) is 8.77. The Morgan fingerprint density at radius 2 is 1.66 bits per heavy atom. The number of carbonyl (C=O) groups is 3. The summed E-state index contributed by atoms with van der Waals surface area (Å²) in [6.07, 6.45) is 0.804. The Kier molecular flexibility index (Phi) is 9.31. The zero-order chi connectivity index (χ0) is 25.2. The summed E-state index contributed by atoms with van der Waals surface area (Å²) in [5.41, 5.74) is 4.52. The Balaban J connectivity index is 1.54. The third kappa shape index (κ3) is 7.10. The van der Waals surface area contributed by atoms with E-state index < -0.39 is 18.1 Å². The van der Waals surface area contributed by atoms with Gasteiger partial charge in [-0.1, -0.05) is 55.5 Å². The summed E-state index contributed by atoms with van der Waals surface area (Å²) in [4.78, 5) is 36.0. The van der Waals surface area contributed by atoms with E-state index in [1.54, 1.807) is 6.92 Å². The van der Waals surface area contributed by atoms with Crippen LogP contribution >= 0.6 is 0 Å². The summed E-state index contributed by atoms with van der Waals surface area (Å²) in [7, 11) is 0. The third-order valence-electron chi connectivity index (χ3n) is 6.22. The Labute approximate surface area is 206 Å². The molecule has 0 heterocycles. The van der Waals surface area contributed by atoms with Crippen LogP contribution in [0.4, 0.5) is 4.79 Å². The number of fused-ring (bicyclic) bond motifs is 3. The van der Waals surface area contributed by atoms with E-state index >= 15 is 0 Å². The first-order valence-corrected chi connectivity index (χ1v) is 11.9. The van der Waals surface area contributed by atoms with Crippen LogP contribution in [0, 0.1) is 17.8 Å². The van der Waals surface area contributed by atoms with Crippen LogP contribution in [0.3, 0.4) is 0 Å². The SMILES string of the molecule is CC#CCC(NC(=O)OCC1c2ccccc2-c2ccccc21)C(=O)NCCC(C)CCC(=O)O. The monoisotopic (exact) mass is 476 g/mol. The molecule has 0 spiro atoms. The van der Waals surface area contributed by atoms with Gasteiger partial charge in [-0.3, -0.25) is 9.59 Å². The summed E-state index contributed by atoms with van der Waals surface area (Å²) >= 11 is 0. The van der Waals surface area contributed by atoms with Gasteiger partial charge in [0.05, 0.1) is 0 Å². The lowest BCUT2D eigenvalue weighted by Gasteiger charge is -2.19. The maximum atomic E-state index is 12.7. The summed E-state index contributed by atoms with van der Waals surface area (Å²) in [5, 5.41) is 14.3.